The van der Waals surface area contributed by atoms with Crippen molar-refractivity contribution in [2.24, 2.45) is 5.92 Å². The molecule has 164 valence electrons. The number of terminal acetylenes is 1. The Kier molecular flexibility index (Phi) is 10.7. The van der Waals surface area contributed by atoms with Crippen molar-refractivity contribution in [2.75, 3.05) is 0 Å². The van der Waals surface area contributed by atoms with Gasteiger partial charge < -0.3 is 4.74 Å². The number of unbranched alkanes of at least 4 members (excludes halogenated alkanes) is 5. The highest BCUT2D eigenvalue weighted by Crippen LogP contribution is 2.37. The molecule has 1 aliphatic carbocycles. The first-order valence-electron chi connectivity index (χ1n) is 11.9. The fourth-order valence-corrected chi connectivity index (χ4v) is 4.50. The highest BCUT2D eigenvalue weighted by Gasteiger charge is 2.23. The van der Waals surface area contributed by atoms with E-state index < -0.39 is 17.9 Å². The summed E-state index contributed by atoms with van der Waals surface area (Å²) >= 11 is 0. The van der Waals surface area contributed by atoms with Crippen molar-refractivity contribution in [2.45, 2.75) is 103 Å². The number of benzene rings is 1. The Morgan fingerprint density at radius 1 is 1.00 bits per heavy atom. The summed E-state index contributed by atoms with van der Waals surface area (Å²) in [6.07, 6.45) is 19.4. The predicted octanol–water partition coefficient (Wildman–Crippen LogP) is 6.85. The number of hydrogen-bond acceptors (Lipinski definition) is 3. The quantitative estimate of drug-likeness (QED) is 0.164. The number of carbonyl (C=O) groups is 2. The van der Waals surface area contributed by atoms with Crippen molar-refractivity contribution in [1.82, 2.24) is 0 Å². The van der Waals surface area contributed by atoms with Gasteiger partial charge in [-0.1, -0.05) is 70.9 Å². The summed E-state index contributed by atoms with van der Waals surface area (Å²) in [6, 6.07) is 7.71. The molecule has 1 aliphatic rings. The van der Waals surface area contributed by atoms with Crippen LogP contribution in [-0.2, 0) is 9.53 Å². The van der Waals surface area contributed by atoms with E-state index in [0.29, 0.717) is 17.9 Å². The summed E-state index contributed by atoms with van der Waals surface area (Å²) in [6.45, 7) is 4.04. The average Bonchev–Trinajstić information content (AvgIpc) is 2.79. The second-order valence-corrected chi connectivity index (χ2v) is 8.71. The monoisotopic (exact) mass is 410 g/mol. The summed E-state index contributed by atoms with van der Waals surface area (Å²) in [7, 11) is 0. The van der Waals surface area contributed by atoms with Crippen molar-refractivity contribution < 1.29 is 14.3 Å². The molecule has 1 atom stereocenters. The molecule has 1 aromatic rings. The molecule has 0 amide bonds. The van der Waals surface area contributed by atoms with Gasteiger partial charge in [-0.15, -0.1) is 6.42 Å². The first kappa shape index (κ1) is 24.2. The van der Waals surface area contributed by atoms with Gasteiger partial charge in [-0.25, -0.2) is 4.79 Å². The minimum atomic E-state index is -0.857. The summed E-state index contributed by atoms with van der Waals surface area (Å²) in [5.41, 5.74) is 1.77. The van der Waals surface area contributed by atoms with Crippen LogP contribution in [0.2, 0.25) is 0 Å². The maximum atomic E-state index is 12.3. The number of Topliss-reactive ketones (excluding diaryl/α,β-unsaturated/α-hetero) is 1. The average molecular weight is 411 g/mol. The summed E-state index contributed by atoms with van der Waals surface area (Å²) in [5.74, 6) is 2.54. The summed E-state index contributed by atoms with van der Waals surface area (Å²) in [4.78, 5) is 23.9. The molecule has 3 nitrogen and oxygen atoms in total. The van der Waals surface area contributed by atoms with Gasteiger partial charge in [0.2, 0.25) is 5.78 Å². The van der Waals surface area contributed by atoms with E-state index in [9.17, 15) is 9.59 Å². The smallest absolute Gasteiger partial charge is 0.338 e. The third kappa shape index (κ3) is 7.63. The van der Waals surface area contributed by atoms with E-state index in [1.807, 2.05) is 30.2 Å². The summed E-state index contributed by atoms with van der Waals surface area (Å²) in [5, 5.41) is 0. The Labute approximate surface area is 183 Å². The van der Waals surface area contributed by atoms with Crippen LogP contribution < -0.4 is 0 Å². The lowest BCUT2D eigenvalue weighted by molar-refractivity contribution is -0.122. The van der Waals surface area contributed by atoms with Gasteiger partial charge in [0.05, 0.1) is 5.56 Å². The zero-order valence-corrected chi connectivity index (χ0v) is 18.8. The molecule has 30 heavy (non-hydrogen) atoms. The first-order chi connectivity index (χ1) is 14.6. The molecule has 1 aromatic carbocycles. The molecule has 2 rings (SSSR count). The molecule has 0 radical (unpaired) electrons. The van der Waals surface area contributed by atoms with Crippen molar-refractivity contribution in [3.63, 3.8) is 0 Å². The van der Waals surface area contributed by atoms with Crippen molar-refractivity contribution in [3.05, 3.63) is 35.4 Å². The Morgan fingerprint density at radius 3 is 2.23 bits per heavy atom. The molecule has 0 aliphatic heterocycles. The molecule has 0 aromatic heterocycles. The first-order valence-corrected chi connectivity index (χ1v) is 11.9. The SMILES string of the molecule is C#CC(=O)C(CC)OC(=O)c1ccc(C2CCC(CCCCCCCC)CC2)cc1. The number of hydrogen-bond donors (Lipinski definition) is 0. The Bertz CT molecular complexity index is 690. The van der Waals surface area contributed by atoms with Crippen LogP contribution in [-0.4, -0.2) is 17.9 Å². The molecule has 0 bridgehead atoms. The maximum absolute atomic E-state index is 12.3. The third-order valence-corrected chi connectivity index (χ3v) is 6.49. The van der Waals surface area contributed by atoms with Crippen LogP contribution in [0.1, 0.15) is 113 Å². The highest BCUT2D eigenvalue weighted by atomic mass is 16.5. The van der Waals surface area contributed by atoms with E-state index in [4.69, 9.17) is 11.2 Å². The predicted molar refractivity (Wildman–Crippen MR) is 122 cm³/mol. The van der Waals surface area contributed by atoms with E-state index in [-0.39, 0.29) is 0 Å². The van der Waals surface area contributed by atoms with Crippen molar-refractivity contribution in [1.29, 1.82) is 0 Å². The Morgan fingerprint density at radius 2 is 1.63 bits per heavy atom. The minimum Gasteiger partial charge on any atom is -0.450 e. The zero-order valence-electron chi connectivity index (χ0n) is 18.8. The van der Waals surface area contributed by atoms with Gasteiger partial charge in [-0.2, -0.15) is 0 Å². The van der Waals surface area contributed by atoms with Crippen molar-refractivity contribution in [3.8, 4) is 12.3 Å². The lowest BCUT2D eigenvalue weighted by atomic mass is 9.77. The van der Waals surface area contributed by atoms with Gasteiger partial charge in [0.15, 0.2) is 6.10 Å². The van der Waals surface area contributed by atoms with Crippen LogP contribution >= 0.6 is 0 Å². The number of ketones is 1. The lowest BCUT2D eigenvalue weighted by Gasteiger charge is -2.29. The molecular formula is C27H38O3. The topological polar surface area (TPSA) is 43.4 Å². The molecular weight excluding hydrogens is 372 g/mol. The normalized spacial score (nSPS) is 19.6. The van der Waals surface area contributed by atoms with Gasteiger partial charge in [0, 0.05) is 0 Å². The van der Waals surface area contributed by atoms with Gasteiger partial charge in [0.25, 0.3) is 0 Å². The van der Waals surface area contributed by atoms with Gasteiger partial charge in [0.1, 0.15) is 0 Å². The van der Waals surface area contributed by atoms with Crippen LogP contribution in [0.4, 0.5) is 0 Å². The molecule has 0 saturated heterocycles. The van der Waals surface area contributed by atoms with Crippen LogP contribution in [0.25, 0.3) is 0 Å². The van der Waals surface area contributed by atoms with Crippen LogP contribution in [0.15, 0.2) is 24.3 Å². The maximum Gasteiger partial charge on any atom is 0.338 e. The molecule has 1 fully saturated rings. The summed E-state index contributed by atoms with van der Waals surface area (Å²) < 4.78 is 5.28. The molecule has 1 unspecified atom stereocenters. The fourth-order valence-electron chi connectivity index (χ4n) is 4.50. The third-order valence-electron chi connectivity index (χ3n) is 6.49. The Hall–Kier alpha value is -2.08. The van der Waals surface area contributed by atoms with E-state index in [0.717, 1.165) is 5.92 Å². The molecule has 0 spiro atoms. The molecule has 0 heterocycles. The van der Waals surface area contributed by atoms with Crippen molar-refractivity contribution >= 4 is 11.8 Å². The van der Waals surface area contributed by atoms with Crippen LogP contribution in [0.3, 0.4) is 0 Å². The van der Waals surface area contributed by atoms with E-state index in [1.165, 1.54) is 76.2 Å². The minimum absolute atomic E-state index is 0.384. The van der Waals surface area contributed by atoms with Gasteiger partial charge >= 0.3 is 5.97 Å². The standard InChI is InChI=1S/C27H38O3/c1-4-7-8-9-10-11-12-21-13-15-22(16-14-21)23-17-19-24(20-18-23)27(29)30-26(6-3)25(28)5-2/h2,17-22,26H,4,6-16H2,1,3H3. The van der Waals surface area contributed by atoms with E-state index in [2.05, 4.69) is 6.92 Å². The van der Waals surface area contributed by atoms with Gasteiger partial charge in [-0.3, -0.25) is 4.79 Å². The second kappa shape index (κ2) is 13.3. The number of ether oxygens (including phenoxy) is 1. The largest absolute Gasteiger partial charge is 0.450 e. The second-order valence-electron chi connectivity index (χ2n) is 8.71. The van der Waals surface area contributed by atoms with Crippen LogP contribution in [0, 0.1) is 18.3 Å². The fraction of sp³-hybridized carbons (Fsp3) is 0.630. The zero-order chi connectivity index (χ0) is 21.8. The molecule has 0 N–H and O–H groups in total. The lowest BCUT2D eigenvalue weighted by Crippen LogP contribution is -2.25. The molecule has 3 heteroatoms. The number of esters is 1. The highest BCUT2D eigenvalue weighted by molar-refractivity contribution is 6.00. The van der Waals surface area contributed by atoms with E-state index >= 15 is 0 Å². The van der Waals surface area contributed by atoms with Gasteiger partial charge in [-0.05, 0) is 67.6 Å². The van der Waals surface area contributed by atoms with Crippen LogP contribution in [0.5, 0.6) is 0 Å². The number of carbonyl (C=O) groups excluding carboxylic acids is 2. The van der Waals surface area contributed by atoms with E-state index in [1.54, 1.807) is 6.92 Å². The number of rotatable bonds is 12. The molecule has 1 saturated carbocycles. The Balaban J connectivity index is 1.76.